The van der Waals surface area contributed by atoms with Gasteiger partial charge in [-0.1, -0.05) is 0 Å². The van der Waals surface area contributed by atoms with Gasteiger partial charge in [-0.2, -0.15) is 0 Å². The normalized spacial score (nSPS) is 15.5. The fourth-order valence-corrected chi connectivity index (χ4v) is 2.92. The van der Waals surface area contributed by atoms with Crippen molar-refractivity contribution in [2.45, 2.75) is 12.8 Å². The molecule has 0 aliphatic carbocycles. The highest BCUT2D eigenvalue weighted by molar-refractivity contribution is 9.11. The Hall–Kier alpha value is -0.620. The van der Waals surface area contributed by atoms with E-state index in [4.69, 9.17) is 0 Å². The summed E-state index contributed by atoms with van der Waals surface area (Å²) in [7, 11) is 0. The van der Waals surface area contributed by atoms with E-state index in [1.807, 2.05) is 6.07 Å². The molecule has 16 heavy (non-hydrogen) atoms. The fraction of sp³-hybridized carbons (Fsp3) is 0.400. The zero-order valence-electron chi connectivity index (χ0n) is 8.45. The van der Waals surface area contributed by atoms with Gasteiger partial charge in [0.05, 0.1) is 15.1 Å². The van der Waals surface area contributed by atoms with Crippen LogP contribution in [0.3, 0.4) is 0 Å². The molecule has 0 spiro atoms. The zero-order valence-corrected chi connectivity index (χ0v) is 11.6. The van der Waals surface area contributed by atoms with E-state index >= 15 is 0 Å². The Balaban J connectivity index is 2.40. The summed E-state index contributed by atoms with van der Waals surface area (Å²) in [6.07, 6.45) is 2.36. The summed E-state index contributed by atoms with van der Waals surface area (Å²) in [5.74, 6) is 0. The van der Waals surface area contributed by atoms with Crippen molar-refractivity contribution < 1.29 is 4.92 Å². The molecule has 0 N–H and O–H groups in total. The molecule has 0 radical (unpaired) electrons. The molecule has 1 aliphatic heterocycles. The first-order chi connectivity index (χ1) is 7.59. The van der Waals surface area contributed by atoms with Crippen molar-refractivity contribution in [3.05, 3.63) is 31.2 Å². The Kier molecular flexibility index (Phi) is 3.49. The van der Waals surface area contributed by atoms with Crippen LogP contribution in [0.4, 0.5) is 11.4 Å². The quantitative estimate of drug-likeness (QED) is 0.603. The van der Waals surface area contributed by atoms with Crippen LogP contribution in [0.1, 0.15) is 12.8 Å². The molecule has 2 rings (SSSR count). The molecular weight excluding hydrogens is 340 g/mol. The van der Waals surface area contributed by atoms with Gasteiger partial charge in [0.15, 0.2) is 0 Å². The minimum Gasteiger partial charge on any atom is -0.371 e. The standard InChI is InChI=1S/C10H10Br2N2O2/c11-7-6-10(14(15)16)8(12)5-9(7)13-3-1-2-4-13/h5-6H,1-4H2. The van der Waals surface area contributed by atoms with Crippen molar-refractivity contribution in [3.63, 3.8) is 0 Å². The molecule has 86 valence electrons. The van der Waals surface area contributed by atoms with Gasteiger partial charge in [-0.15, -0.1) is 0 Å². The molecular formula is C10H10Br2N2O2. The topological polar surface area (TPSA) is 46.4 Å². The molecule has 1 heterocycles. The summed E-state index contributed by atoms with van der Waals surface area (Å²) < 4.78 is 1.31. The van der Waals surface area contributed by atoms with Crippen molar-refractivity contribution in [1.82, 2.24) is 0 Å². The van der Waals surface area contributed by atoms with Crippen molar-refractivity contribution in [1.29, 1.82) is 0 Å². The zero-order chi connectivity index (χ0) is 11.7. The number of hydrogen-bond acceptors (Lipinski definition) is 3. The first-order valence-corrected chi connectivity index (χ1v) is 6.56. The molecule has 0 aromatic heterocycles. The number of hydrogen-bond donors (Lipinski definition) is 0. The number of nitro benzene ring substituents is 1. The van der Waals surface area contributed by atoms with Crippen LogP contribution in [0.5, 0.6) is 0 Å². The first kappa shape index (κ1) is 11.9. The third-order valence-corrected chi connectivity index (χ3v) is 3.93. The van der Waals surface area contributed by atoms with Gasteiger partial charge in [-0.25, -0.2) is 0 Å². The molecule has 0 atom stereocenters. The number of anilines is 1. The molecule has 1 aliphatic rings. The van der Waals surface area contributed by atoms with E-state index in [0.29, 0.717) is 4.47 Å². The smallest absolute Gasteiger partial charge is 0.284 e. The van der Waals surface area contributed by atoms with Gasteiger partial charge in [0, 0.05) is 23.6 Å². The predicted octanol–water partition coefficient (Wildman–Crippen LogP) is 3.72. The lowest BCUT2D eigenvalue weighted by molar-refractivity contribution is -0.385. The number of nitrogens with zero attached hydrogens (tertiary/aromatic N) is 2. The van der Waals surface area contributed by atoms with Crippen LogP contribution in [-0.4, -0.2) is 18.0 Å². The van der Waals surface area contributed by atoms with Crippen LogP contribution in [0.2, 0.25) is 0 Å². The maximum atomic E-state index is 10.7. The van der Waals surface area contributed by atoms with E-state index in [0.717, 1.165) is 23.2 Å². The van der Waals surface area contributed by atoms with E-state index in [2.05, 4.69) is 36.8 Å². The molecule has 1 aromatic carbocycles. The van der Waals surface area contributed by atoms with E-state index in [-0.39, 0.29) is 10.6 Å². The molecule has 1 fully saturated rings. The van der Waals surface area contributed by atoms with Gasteiger partial charge in [0.25, 0.3) is 5.69 Å². The third kappa shape index (κ3) is 2.22. The molecule has 0 saturated carbocycles. The van der Waals surface area contributed by atoms with Crippen molar-refractivity contribution in [2.24, 2.45) is 0 Å². The van der Waals surface area contributed by atoms with Crippen molar-refractivity contribution in [2.75, 3.05) is 18.0 Å². The van der Waals surface area contributed by atoms with Crippen LogP contribution in [0.15, 0.2) is 21.1 Å². The predicted molar refractivity (Wildman–Crippen MR) is 69.9 cm³/mol. The van der Waals surface area contributed by atoms with Gasteiger partial charge in [-0.05, 0) is 50.8 Å². The van der Waals surface area contributed by atoms with Crippen LogP contribution in [0, 0.1) is 10.1 Å². The van der Waals surface area contributed by atoms with E-state index < -0.39 is 0 Å². The average molecular weight is 350 g/mol. The van der Waals surface area contributed by atoms with Gasteiger partial charge in [-0.3, -0.25) is 10.1 Å². The Labute approximate surface area is 110 Å². The summed E-state index contributed by atoms with van der Waals surface area (Å²) in [5, 5.41) is 10.7. The SMILES string of the molecule is O=[N+]([O-])c1cc(Br)c(N2CCCC2)cc1Br. The summed E-state index contributed by atoms with van der Waals surface area (Å²) in [6.45, 7) is 2.03. The monoisotopic (exact) mass is 348 g/mol. The second-order valence-corrected chi connectivity index (χ2v) is 5.41. The molecule has 1 aromatic rings. The number of halogens is 2. The molecule has 1 saturated heterocycles. The lowest BCUT2D eigenvalue weighted by atomic mass is 10.2. The van der Waals surface area contributed by atoms with Gasteiger partial charge >= 0.3 is 0 Å². The third-order valence-electron chi connectivity index (χ3n) is 2.66. The number of benzene rings is 1. The van der Waals surface area contributed by atoms with Gasteiger partial charge < -0.3 is 4.90 Å². The minimum absolute atomic E-state index is 0.0924. The first-order valence-electron chi connectivity index (χ1n) is 4.98. The second kappa shape index (κ2) is 4.71. The lowest BCUT2D eigenvalue weighted by Gasteiger charge is -2.19. The summed E-state index contributed by atoms with van der Waals surface area (Å²) >= 11 is 6.63. The number of rotatable bonds is 2. The Morgan fingerprint density at radius 2 is 1.81 bits per heavy atom. The maximum absolute atomic E-state index is 10.7. The summed E-state index contributed by atoms with van der Waals surface area (Å²) in [6, 6.07) is 3.37. The van der Waals surface area contributed by atoms with E-state index in [1.54, 1.807) is 6.07 Å². The van der Waals surface area contributed by atoms with Gasteiger partial charge in [0.1, 0.15) is 0 Å². The van der Waals surface area contributed by atoms with Crippen molar-refractivity contribution >= 4 is 43.2 Å². The van der Waals surface area contributed by atoms with Crippen LogP contribution in [0.25, 0.3) is 0 Å². The van der Waals surface area contributed by atoms with Crippen LogP contribution < -0.4 is 4.90 Å². The molecule has 0 bridgehead atoms. The summed E-state index contributed by atoms with van der Waals surface area (Å²) in [5.41, 5.74) is 1.12. The van der Waals surface area contributed by atoms with Gasteiger partial charge in [0.2, 0.25) is 0 Å². The maximum Gasteiger partial charge on any atom is 0.284 e. The van der Waals surface area contributed by atoms with E-state index in [1.165, 1.54) is 12.8 Å². The second-order valence-electron chi connectivity index (χ2n) is 3.71. The molecule has 4 nitrogen and oxygen atoms in total. The lowest BCUT2D eigenvalue weighted by Crippen LogP contribution is -2.18. The van der Waals surface area contributed by atoms with Crippen LogP contribution >= 0.6 is 31.9 Å². The highest BCUT2D eigenvalue weighted by Crippen LogP contribution is 2.37. The highest BCUT2D eigenvalue weighted by Gasteiger charge is 2.20. The van der Waals surface area contributed by atoms with Crippen LogP contribution in [-0.2, 0) is 0 Å². The number of nitro groups is 1. The Morgan fingerprint density at radius 3 is 2.38 bits per heavy atom. The minimum atomic E-state index is -0.386. The average Bonchev–Trinajstić information content (AvgIpc) is 2.73. The summed E-state index contributed by atoms with van der Waals surface area (Å²) in [4.78, 5) is 12.6. The Morgan fingerprint density at radius 1 is 1.19 bits per heavy atom. The Bertz CT molecular complexity index is 431. The highest BCUT2D eigenvalue weighted by atomic mass is 79.9. The fourth-order valence-electron chi connectivity index (χ4n) is 1.87. The molecule has 6 heteroatoms. The molecule has 0 unspecified atom stereocenters. The largest absolute Gasteiger partial charge is 0.371 e. The van der Waals surface area contributed by atoms with Crippen molar-refractivity contribution in [3.8, 4) is 0 Å². The molecule has 0 amide bonds. The van der Waals surface area contributed by atoms with E-state index in [9.17, 15) is 10.1 Å².